The summed E-state index contributed by atoms with van der Waals surface area (Å²) in [6.45, 7) is 2.00. The first kappa shape index (κ1) is 14.3. The maximum Gasteiger partial charge on any atom is 0.422 e. The molecule has 0 N–H and O–H groups in total. The number of alkyl halides is 3. The van der Waals surface area contributed by atoms with E-state index in [1.54, 1.807) is 13.8 Å². The van der Waals surface area contributed by atoms with Gasteiger partial charge in [0.15, 0.2) is 12.3 Å². The third kappa shape index (κ3) is 3.64. The van der Waals surface area contributed by atoms with Crippen molar-refractivity contribution in [2.75, 3.05) is 13.7 Å². The van der Waals surface area contributed by atoms with Gasteiger partial charge < -0.3 is 9.47 Å². The third-order valence-electron chi connectivity index (χ3n) is 1.98. The number of ether oxygens (including phenoxy) is 2. The van der Waals surface area contributed by atoms with Gasteiger partial charge in [-0.3, -0.25) is 4.68 Å². The van der Waals surface area contributed by atoms with Crippen LogP contribution < -0.4 is 4.74 Å². The second-order valence-corrected chi connectivity index (χ2v) is 3.80. The Morgan fingerprint density at radius 3 is 2.56 bits per heavy atom. The van der Waals surface area contributed by atoms with Crippen molar-refractivity contribution < 1.29 is 27.4 Å². The molecule has 102 valence electrons. The number of esters is 1. The summed E-state index contributed by atoms with van der Waals surface area (Å²) in [7, 11) is 1.18. The number of nitrogens with zero attached hydrogens (tertiary/aromatic N) is 2. The normalized spacial score (nSPS) is 11.7. The van der Waals surface area contributed by atoms with Crippen molar-refractivity contribution in [1.82, 2.24) is 9.78 Å². The summed E-state index contributed by atoms with van der Waals surface area (Å²) in [4.78, 5) is 11.4. The van der Waals surface area contributed by atoms with Crippen LogP contribution in [0, 0.1) is 0 Å². The molecule has 0 aliphatic heterocycles. The highest BCUT2D eigenvalue weighted by Gasteiger charge is 2.29. The van der Waals surface area contributed by atoms with E-state index in [4.69, 9.17) is 0 Å². The van der Waals surface area contributed by atoms with Gasteiger partial charge in [-0.15, -0.1) is 5.10 Å². The summed E-state index contributed by atoms with van der Waals surface area (Å²) < 4.78 is 46.2. The molecule has 0 spiro atoms. The van der Waals surface area contributed by atoms with E-state index in [1.807, 2.05) is 0 Å². The predicted molar refractivity (Wildman–Crippen MR) is 55.5 cm³/mol. The monoisotopic (exact) mass is 266 g/mol. The molecule has 18 heavy (non-hydrogen) atoms. The van der Waals surface area contributed by atoms with Gasteiger partial charge in [0.1, 0.15) is 0 Å². The van der Waals surface area contributed by atoms with Gasteiger partial charge in [0.25, 0.3) is 0 Å². The van der Waals surface area contributed by atoms with Crippen molar-refractivity contribution in [2.24, 2.45) is 0 Å². The summed E-state index contributed by atoms with van der Waals surface area (Å²) in [5.74, 6) is -0.945. The van der Waals surface area contributed by atoms with Crippen molar-refractivity contribution in [1.29, 1.82) is 0 Å². The lowest BCUT2D eigenvalue weighted by atomic mass is 10.3. The highest BCUT2D eigenvalue weighted by atomic mass is 19.4. The lowest BCUT2D eigenvalue weighted by Crippen LogP contribution is -2.19. The zero-order chi connectivity index (χ0) is 13.9. The largest absolute Gasteiger partial charge is 0.467 e. The summed E-state index contributed by atoms with van der Waals surface area (Å²) in [6.07, 6.45) is -4.45. The van der Waals surface area contributed by atoms with Crippen LogP contribution in [0.3, 0.4) is 0 Å². The van der Waals surface area contributed by atoms with Crippen molar-refractivity contribution in [2.45, 2.75) is 26.1 Å². The molecule has 1 aromatic heterocycles. The number of hydrogen-bond acceptors (Lipinski definition) is 4. The van der Waals surface area contributed by atoms with E-state index >= 15 is 0 Å². The van der Waals surface area contributed by atoms with Crippen molar-refractivity contribution in [3.63, 3.8) is 0 Å². The van der Waals surface area contributed by atoms with E-state index in [1.165, 1.54) is 11.8 Å². The van der Waals surface area contributed by atoms with Gasteiger partial charge in [0, 0.05) is 12.1 Å². The van der Waals surface area contributed by atoms with Crippen LogP contribution in [0.4, 0.5) is 13.2 Å². The molecule has 1 heterocycles. The Hall–Kier alpha value is -1.73. The number of methoxy groups -OCH3 is 1. The summed E-state index contributed by atoms with van der Waals surface area (Å²) in [5.41, 5.74) is 0.0460. The molecule has 0 saturated carbocycles. The minimum atomic E-state index is -4.45. The quantitative estimate of drug-likeness (QED) is 0.784. The van der Waals surface area contributed by atoms with Gasteiger partial charge in [-0.2, -0.15) is 13.2 Å². The first-order valence-electron chi connectivity index (χ1n) is 5.12. The number of halogens is 3. The molecular formula is C10H13F3N2O3. The molecule has 0 aromatic carbocycles. The minimum Gasteiger partial charge on any atom is -0.467 e. The van der Waals surface area contributed by atoms with Gasteiger partial charge in [-0.05, 0) is 13.8 Å². The average molecular weight is 266 g/mol. The van der Waals surface area contributed by atoms with Gasteiger partial charge in [-0.25, -0.2) is 4.79 Å². The van der Waals surface area contributed by atoms with Gasteiger partial charge >= 0.3 is 12.1 Å². The van der Waals surface area contributed by atoms with Crippen LogP contribution in [0.15, 0.2) is 6.07 Å². The Balaban J connectivity index is 2.92. The van der Waals surface area contributed by atoms with Crippen LogP contribution in [0.2, 0.25) is 0 Å². The molecule has 0 amide bonds. The first-order chi connectivity index (χ1) is 8.24. The minimum absolute atomic E-state index is 0.0460. The van der Waals surface area contributed by atoms with Crippen LogP contribution >= 0.6 is 0 Å². The molecule has 8 heteroatoms. The molecule has 0 aliphatic rings. The molecule has 0 aliphatic carbocycles. The molecule has 0 atom stereocenters. The third-order valence-corrected chi connectivity index (χ3v) is 1.98. The maximum absolute atomic E-state index is 12.0. The van der Waals surface area contributed by atoms with Crippen LogP contribution in [-0.4, -0.2) is 35.6 Å². The Morgan fingerprint density at radius 2 is 2.11 bits per heavy atom. The molecule has 1 rings (SSSR count). The zero-order valence-electron chi connectivity index (χ0n) is 10.1. The van der Waals surface area contributed by atoms with Crippen molar-refractivity contribution >= 4 is 5.97 Å². The number of carbonyl (C=O) groups is 1. The Kier molecular flexibility index (Phi) is 4.20. The Bertz CT molecular complexity index is 426. The number of hydrogen-bond donors (Lipinski definition) is 0. The number of rotatable bonds is 4. The molecular weight excluding hydrogens is 253 g/mol. The highest BCUT2D eigenvalue weighted by molar-refractivity contribution is 5.87. The molecule has 0 radical (unpaired) electrons. The summed E-state index contributed by atoms with van der Waals surface area (Å²) in [5, 5.41) is 3.78. The van der Waals surface area contributed by atoms with Gasteiger partial charge in [0.05, 0.1) is 7.11 Å². The average Bonchev–Trinajstić information content (AvgIpc) is 2.68. The topological polar surface area (TPSA) is 53.4 Å². The summed E-state index contributed by atoms with van der Waals surface area (Å²) >= 11 is 0. The first-order valence-corrected chi connectivity index (χ1v) is 5.12. The van der Waals surface area contributed by atoms with E-state index in [0.717, 1.165) is 6.07 Å². The molecule has 0 unspecified atom stereocenters. The fourth-order valence-electron chi connectivity index (χ4n) is 1.25. The standard InChI is InChI=1S/C10H13F3N2O3/c1-6(2)15-7(9(16)17-3)4-8(14-15)18-5-10(11,12)13/h4,6H,5H2,1-3H3. The molecule has 0 saturated heterocycles. The van der Waals surface area contributed by atoms with E-state index in [-0.39, 0.29) is 17.6 Å². The van der Waals surface area contributed by atoms with E-state index in [0.29, 0.717) is 0 Å². The molecule has 1 aromatic rings. The molecule has 0 fully saturated rings. The lowest BCUT2D eigenvalue weighted by molar-refractivity contribution is -0.154. The predicted octanol–water partition coefficient (Wildman–Crippen LogP) is 2.19. The van der Waals surface area contributed by atoms with E-state index < -0.39 is 18.8 Å². The van der Waals surface area contributed by atoms with Crippen LogP contribution in [0.1, 0.15) is 30.4 Å². The zero-order valence-corrected chi connectivity index (χ0v) is 10.1. The maximum atomic E-state index is 12.0. The second-order valence-electron chi connectivity index (χ2n) is 3.80. The van der Waals surface area contributed by atoms with Crippen LogP contribution in [0.5, 0.6) is 5.88 Å². The van der Waals surface area contributed by atoms with Gasteiger partial charge in [-0.1, -0.05) is 0 Å². The Morgan fingerprint density at radius 1 is 1.50 bits per heavy atom. The fraction of sp³-hybridized carbons (Fsp3) is 0.600. The van der Waals surface area contributed by atoms with Gasteiger partial charge in [0.2, 0.25) is 5.88 Å². The highest BCUT2D eigenvalue weighted by Crippen LogP contribution is 2.20. The summed E-state index contributed by atoms with van der Waals surface area (Å²) in [6, 6.07) is 0.916. The second kappa shape index (κ2) is 5.28. The Labute approximate surface area is 101 Å². The van der Waals surface area contributed by atoms with E-state index in [9.17, 15) is 18.0 Å². The lowest BCUT2D eigenvalue weighted by Gasteiger charge is -2.08. The van der Waals surface area contributed by atoms with Crippen molar-refractivity contribution in [3.05, 3.63) is 11.8 Å². The molecule has 0 bridgehead atoms. The van der Waals surface area contributed by atoms with Crippen LogP contribution in [0.25, 0.3) is 0 Å². The van der Waals surface area contributed by atoms with Crippen molar-refractivity contribution in [3.8, 4) is 5.88 Å². The number of aromatic nitrogens is 2. The number of carbonyl (C=O) groups excluding carboxylic acids is 1. The fourth-order valence-corrected chi connectivity index (χ4v) is 1.25. The van der Waals surface area contributed by atoms with Crippen LogP contribution in [-0.2, 0) is 4.74 Å². The molecule has 5 nitrogen and oxygen atoms in total. The van der Waals surface area contributed by atoms with E-state index in [2.05, 4.69) is 14.6 Å². The smallest absolute Gasteiger partial charge is 0.422 e. The SMILES string of the molecule is COC(=O)c1cc(OCC(F)(F)F)nn1C(C)C.